The summed E-state index contributed by atoms with van der Waals surface area (Å²) in [5.41, 5.74) is 3.49. The van der Waals surface area contributed by atoms with Gasteiger partial charge in [-0.2, -0.15) is 10.4 Å². The summed E-state index contributed by atoms with van der Waals surface area (Å²) in [6.07, 6.45) is 1.42. The standard InChI is InChI=1S/C18H16ClN3O4/c1-24-16-8-13(7-15(19)18(16)25-2)10-21-22-17(23)11-26-14-5-3-12(9-20)4-6-14/h3-8,10H,11H2,1-2H3,(H,22,23)/b21-10+. The van der Waals surface area contributed by atoms with Gasteiger partial charge >= 0.3 is 0 Å². The molecule has 0 aliphatic rings. The highest BCUT2D eigenvalue weighted by Gasteiger charge is 2.10. The quantitative estimate of drug-likeness (QED) is 0.595. The van der Waals surface area contributed by atoms with Gasteiger partial charge in [0.25, 0.3) is 5.91 Å². The van der Waals surface area contributed by atoms with Crippen LogP contribution >= 0.6 is 11.6 Å². The predicted molar refractivity (Wildman–Crippen MR) is 96.9 cm³/mol. The Hall–Kier alpha value is -3.24. The minimum absolute atomic E-state index is 0.212. The summed E-state index contributed by atoms with van der Waals surface area (Å²) < 4.78 is 15.6. The number of hydrogen-bond donors (Lipinski definition) is 1. The number of rotatable bonds is 7. The number of nitrogens with zero attached hydrogens (tertiary/aromatic N) is 2. The highest BCUT2D eigenvalue weighted by molar-refractivity contribution is 6.32. The topological polar surface area (TPSA) is 92.9 Å². The van der Waals surface area contributed by atoms with E-state index in [4.69, 9.17) is 31.1 Å². The molecule has 26 heavy (non-hydrogen) atoms. The van der Waals surface area contributed by atoms with Crippen molar-refractivity contribution in [2.45, 2.75) is 0 Å². The number of halogens is 1. The van der Waals surface area contributed by atoms with Crippen molar-refractivity contribution >= 4 is 23.7 Å². The number of amides is 1. The van der Waals surface area contributed by atoms with E-state index in [1.54, 1.807) is 36.4 Å². The van der Waals surface area contributed by atoms with Gasteiger partial charge in [-0.3, -0.25) is 4.79 Å². The Morgan fingerprint density at radius 1 is 1.27 bits per heavy atom. The molecule has 1 N–H and O–H groups in total. The van der Waals surface area contributed by atoms with Gasteiger partial charge < -0.3 is 14.2 Å². The van der Waals surface area contributed by atoms with Gasteiger partial charge in [-0.1, -0.05) is 11.6 Å². The summed E-state index contributed by atoms with van der Waals surface area (Å²) in [6.45, 7) is -0.212. The number of methoxy groups -OCH3 is 2. The first-order valence-corrected chi connectivity index (χ1v) is 7.81. The van der Waals surface area contributed by atoms with Crippen molar-refractivity contribution in [3.8, 4) is 23.3 Å². The maximum atomic E-state index is 11.7. The third kappa shape index (κ3) is 5.13. The molecule has 0 aliphatic carbocycles. The van der Waals surface area contributed by atoms with Crippen molar-refractivity contribution in [2.75, 3.05) is 20.8 Å². The molecule has 0 fully saturated rings. The second-order valence-electron chi connectivity index (χ2n) is 4.96. The molecule has 2 rings (SSSR count). The minimum atomic E-state index is -0.433. The SMILES string of the molecule is COc1cc(/C=N/NC(=O)COc2ccc(C#N)cc2)cc(Cl)c1OC. The molecule has 2 aromatic carbocycles. The van der Waals surface area contributed by atoms with Crippen LogP contribution in [-0.2, 0) is 4.79 Å². The van der Waals surface area contributed by atoms with E-state index in [1.807, 2.05) is 6.07 Å². The van der Waals surface area contributed by atoms with Gasteiger partial charge in [0, 0.05) is 0 Å². The number of nitrogens with one attached hydrogen (secondary N) is 1. The highest BCUT2D eigenvalue weighted by atomic mass is 35.5. The van der Waals surface area contributed by atoms with Crippen LogP contribution in [0, 0.1) is 11.3 Å². The lowest BCUT2D eigenvalue weighted by Gasteiger charge is -2.10. The monoisotopic (exact) mass is 373 g/mol. The van der Waals surface area contributed by atoms with Crippen LogP contribution in [0.15, 0.2) is 41.5 Å². The summed E-state index contributed by atoms with van der Waals surface area (Å²) in [4.78, 5) is 11.7. The number of carbonyl (C=O) groups excluding carboxylic acids is 1. The lowest BCUT2D eigenvalue weighted by Crippen LogP contribution is -2.24. The summed E-state index contributed by atoms with van der Waals surface area (Å²) in [7, 11) is 2.99. The second-order valence-corrected chi connectivity index (χ2v) is 5.36. The number of hydrazone groups is 1. The average molecular weight is 374 g/mol. The number of ether oxygens (including phenoxy) is 3. The summed E-state index contributed by atoms with van der Waals surface area (Å²) >= 11 is 6.10. The highest BCUT2D eigenvalue weighted by Crippen LogP contribution is 2.35. The summed E-state index contributed by atoms with van der Waals surface area (Å²) in [5, 5.41) is 12.9. The first kappa shape index (κ1) is 19.1. The van der Waals surface area contributed by atoms with E-state index in [0.29, 0.717) is 33.4 Å². The van der Waals surface area contributed by atoms with Crippen LogP contribution in [0.2, 0.25) is 5.02 Å². The first-order valence-electron chi connectivity index (χ1n) is 7.43. The van der Waals surface area contributed by atoms with Gasteiger partial charge in [-0.05, 0) is 42.0 Å². The maximum absolute atomic E-state index is 11.7. The van der Waals surface area contributed by atoms with Crippen molar-refractivity contribution in [1.82, 2.24) is 5.43 Å². The molecule has 0 radical (unpaired) electrons. The minimum Gasteiger partial charge on any atom is -0.493 e. The van der Waals surface area contributed by atoms with Gasteiger partial charge in [-0.15, -0.1) is 0 Å². The number of carbonyl (C=O) groups is 1. The Morgan fingerprint density at radius 3 is 2.62 bits per heavy atom. The zero-order chi connectivity index (χ0) is 18.9. The molecule has 2 aromatic rings. The van der Waals surface area contributed by atoms with Crippen LogP contribution in [0.5, 0.6) is 17.2 Å². The number of benzene rings is 2. The van der Waals surface area contributed by atoms with E-state index in [0.717, 1.165) is 0 Å². The lowest BCUT2D eigenvalue weighted by molar-refractivity contribution is -0.123. The normalized spacial score (nSPS) is 10.2. The van der Waals surface area contributed by atoms with Crippen molar-refractivity contribution in [2.24, 2.45) is 5.10 Å². The molecule has 0 aliphatic heterocycles. The van der Waals surface area contributed by atoms with Crippen molar-refractivity contribution in [3.05, 3.63) is 52.5 Å². The van der Waals surface area contributed by atoms with Crippen molar-refractivity contribution < 1.29 is 19.0 Å². The van der Waals surface area contributed by atoms with Crippen LogP contribution in [0.25, 0.3) is 0 Å². The Kier molecular flexibility index (Phi) is 6.83. The largest absolute Gasteiger partial charge is 0.493 e. The molecule has 7 nitrogen and oxygen atoms in total. The molecule has 0 saturated heterocycles. The molecular weight excluding hydrogens is 358 g/mol. The average Bonchev–Trinajstić information content (AvgIpc) is 2.66. The second kappa shape index (κ2) is 9.30. The Morgan fingerprint density at radius 2 is 2.00 bits per heavy atom. The summed E-state index contributed by atoms with van der Waals surface area (Å²) in [6, 6.07) is 11.7. The zero-order valence-electron chi connectivity index (χ0n) is 14.2. The third-order valence-corrected chi connectivity index (χ3v) is 3.49. The van der Waals surface area contributed by atoms with Crippen molar-refractivity contribution in [1.29, 1.82) is 5.26 Å². The zero-order valence-corrected chi connectivity index (χ0v) is 14.9. The van der Waals surface area contributed by atoms with Gasteiger partial charge in [0.05, 0.1) is 37.1 Å². The fourth-order valence-electron chi connectivity index (χ4n) is 2.00. The molecule has 0 saturated carbocycles. The molecule has 134 valence electrons. The Bertz CT molecular complexity index is 845. The molecule has 0 heterocycles. The maximum Gasteiger partial charge on any atom is 0.277 e. The van der Waals surface area contributed by atoms with Gasteiger partial charge in [0.15, 0.2) is 18.1 Å². The molecule has 0 aromatic heterocycles. The van der Waals surface area contributed by atoms with Crippen LogP contribution in [0.1, 0.15) is 11.1 Å². The van der Waals surface area contributed by atoms with Crippen LogP contribution < -0.4 is 19.6 Å². The van der Waals surface area contributed by atoms with Gasteiger partial charge in [0.2, 0.25) is 0 Å². The fraction of sp³-hybridized carbons (Fsp3) is 0.167. The molecule has 8 heteroatoms. The Labute approximate surface area is 155 Å². The lowest BCUT2D eigenvalue weighted by atomic mass is 10.2. The number of nitriles is 1. The smallest absolute Gasteiger partial charge is 0.277 e. The van der Waals surface area contributed by atoms with E-state index in [-0.39, 0.29) is 6.61 Å². The molecule has 1 amide bonds. The first-order chi connectivity index (χ1) is 12.6. The fourth-order valence-corrected chi connectivity index (χ4v) is 2.29. The van der Waals surface area contributed by atoms with Crippen LogP contribution in [0.3, 0.4) is 0 Å². The van der Waals surface area contributed by atoms with Crippen LogP contribution in [-0.4, -0.2) is 32.9 Å². The Balaban J connectivity index is 1.90. The van der Waals surface area contributed by atoms with Gasteiger partial charge in [0.1, 0.15) is 5.75 Å². The van der Waals surface area contributed by atoms with E-state index in [2.05, 4.69) is 10.5 Å². The molecular formula is C18H16ClN3O4. The van der Waals surface area contributed by atoms with Crippen molar-refractivity contribution in [3.63, 3.8) is 0 Å². The summed E-state index contributed by atoms with van der Waals surface area (Å²) in [5.74, 6) is 0.926. The molecule has 0 atom stereocenters. The van der Waals surface area contributed by atoms with E-state index < -0.39 is 5.91 Å². The van der Waals surface area contributed by atoms with Crippen LogP contribution in [0.4, 0.5) is 0 Å². The molecule has 0 spiro atoms. The van der Waals surface area contributed by atoms with E-state index in [1.165, 1.54) is 20.4 Å². The number of hydrogen-bond acceptors (Lipinski definition) is 6. The predicted octanol–water partition coefficient (Wildman–Crippen LogP) is 2.76. The van der Waals surface area contributed by atoms with E-state index >= 15 is 0 Å². The molecule has 0 bridgehead atoms. The molecule has 0 unspecified atom stereocenters. The third-order valence-electron chi connectivity index (χ3n) is 3.21. The van der Waals surface area contributed by atoms with Gasteiger partial charge in [-0.25, -0.2) is 5.43 Å². The van der Waals surface area contributed by atoms with E-state index in [9.17, 15) is 4.79 Å².